The molecule has 1 fully saturated rings. The number of benzene rings is 1. The SMILES string of the molecule is CCCOc1ccc(C(F)(F)F)cc1NC(=O)C1CCN(C(=O)c2cccs2)CC1. The van der Waals surface area contributed by atoms with Crippen molar-refractivity contribution in [1.29, 1.82) is 0 Å². The lowest BCUT2D eigenvalue weighted by atomic mass is 9.95. The van der Waals surface area contributed by atoms with Crippen LogP contribution >= 0.6 is 11.3 Å². The zero-order valence-electron chi connectivity index (χ0n) is 16.5. The number of hydrogen-bond acceptors (Lipinski definition) is 4. The minimum Gasteiger partial charge on any atom is -0.491 e. The smallest absolute Gasteiger partial charge is 0.416 e. The van der Waals surface area contributed by atoms with Gasteiger partial charge in [0, 0.05) is 19.0 Å². The number of nitrogens with zero attached hydrogens (tertiary/aromatic N) is 1. The molecule has 9 heteroatoms. The zero-order valence-corrected chi connectivity index (χ0v) is 17.3. The number of carbonyl (C=O) groups excluding carboxylic acids is 2. The van der Waals surface area contributed by atoms with E-state index in [1.54, 1.807) is 11.0 Å². The van der Waals surface area contributed by atoms with Crippen molar-refractivity contribution in [2.45, 2.75) is 32.4 Å². The van der Waals surface area contributed by atoms with Gasteiger partial charge >= 0.3 is 6.18 Å². The summed E-state index contributed by atoms with van der Waals surface area (Å²) in [5.74, 6) is -0.592. The van der Waals surface area contributed by atoms with Crippen LogP contribution in [-0.2, 0) is 11.0 Å². The van der Waals surface area contributed by atoms with E-state index >= 15 is 0 Å². The molecule has 1 aromatic heterocycles. The molecule has 30 heavy (non-hydrogen) atoms. The van der Waals surface area contributed by atoms with E-state index in [9.17, 15) is 22.8 Å². The maximum atomic E-state index is 13.1. The van der Waals surface area contributed by atoms with Gasteiger partial charge in [-0.2, -0.15) is 13.2 Å². The number of amides is 2. The first-order valence-corrected chi connectivity index (χ1v) is 10.6. The molecule has 2 amide bonds. The molecule has 1 aromatic carbocycles. The van der Waals surface area contributed by atoms with Crippen LogP contribution in [0.2, 0.25) is 0 Å². The Morgan fingerprint density at radius 1 is 1.23 bits per heavy atom. The summed E-state index contributed by atoms with van der Waals surface area (Å²) in [6, 6.07) is 6.65. The third kappa shape index (κ3) is 5.33. The van der Waals surface area contributed by atoms with Crippen molar-refractivity contribution in [3.8, 4) is 5.75 Å². The van der Waals surface area contributed by atoms with Gasteiger partial charge in [0.2, 0.25) is 5.91 Å². The fraction of sp³-hybridized carbons (Fsp3) is 0.429. The number of halogens is 3. The maximum Gasteiger partial charge on any atom is 0.416 e. The molecule has 1 saturated heterocycles. The Morgan fingerprint density at radius 3 is 2.57 bits per heavy atom. The molecule has 0 unspecified atom stereocenters. The van der Waals surface area contributed by atoms with Gasteiger partial charge in [-0.15, -0.1) is 11.3 Å². The summed E-state index contributed by atoms with van der Waals surface area (Å²) in [6.45, 7) is 3.07. The summed E-state index contributed by atoms with van der Waals surface area (Å²) < 4.78 is 44.8. The average molecular weight is 440 g/mol. The van der Waals surface area contributed by atoms with Crippen LogP contribution in [0.3, 0.4) is 0 Å². The van der Waals surface area contributed by atoms with Gasteiger partial charge in [-0.3, -0.25) is 9.59 Å². The number of thiophene rings is 1. The lowest BCUT2D eigenvalue weighted by Gasteiger charge is -2.31. The second kappa shape index (κ2) is 9.51. The first kappa shape index (κ1) is 22.1. The third-order valence-electron chi connectivity index (χ3n) is 4.91. The summed E-state index contributed by atoms with van der Waals surface area (Å²) in [6.07, 6.45) is -2.93. The van der Waals surface area contributed by atoms with Crippen molar-refractivity contribution in [2.75, 3.05) is 25.0 Å². The fourth-order valence-corrected chi connectivity index (χ4v) is 3.97. The summed E-state index contributed by atoms with van der Waals surface area (Å²) in [5.41, 5.74) is -0.835. The minimum absolute atomic E-state index is 0.0142. The highest BCUT2D eigenvalue weighted by molar-refractivity contribution is 7.12. The van der Waals surface area contributed by atoms with Gasteiger partial charge in [0.25, 0.3) is 5.91 Å². The molecular weight excluding hydrogens is 417 g/mol. The second-order valence-corrected chi connectivity index (χ2v) is 8.04. The Bertz CT molecular complexity index is 876. The summed E-state index contributed by atoms with van der Waals surface area (Å²) in [5, 5.41) is 4.44. The Kier molecular flexibility index (Phi) is 7.02. The van der Waals surface area contributed by atoms with Crippen LogP contribution < -0.4 is 10.1 Å². The molecule has 3 rings (SSSR count). The van der Waals surface area contributed by atoms with Crippen LogP contribution in [0.5, 0.6) is 5.75 Å². The molecule has 2 heterocycles. The van der Waals surface area contributed by atoms with Crippen molar-refractivity contribution >= 4 is 28.8 Å². The topological polar surface area (TPSA) is 58.6 Å². The Hall–Kier alpha value is -2.55. The first-order valence-electron chi connectivity index (χ1n) is 9.77. The van der Waals surface area contributed by atoms with Crippen LogP contribution in [0.25, 0.3) is 0 Å². The van der Waals surface area contributed by atoms with E-state index in [0.29, 0.717) is 43.8 Å². The molecule has 2 aromatic rings. The van der Waals surface area contributed by atoms with Gasteiger partial charge in [0.15, 0.2) is 0 Å². The number of likely N-dealkylation sites (tertiary alicyclic amines) is 1. The molecule has 0 aliphatic carbocycles. The van der Waals surface area contributed by atoms with Crippen LogP contribution in [0, 0.1) is 5.92 Å². The second-order valence-electron chi connectivity index (χ2n) is 7.09. The molecule has 0 radical (unpaired) electrons. The monoisotopic (exact) mass is 440 g/mol. The molecule has 1 N–H and O–H groups in total. The molecule has 0 spiro atoms. The van der Waals surface area contributed by atoms with Crippen molar-refractivity contribution in [2.24, 2.45) is 5.92 Å². The number of hydrogen-bond donors (Lipinski definition) is 1. The Morgan fingerprint density at radius 2 is 1.97 bits per heavy atom. The molecule has 1 aliphatic heterocycles. The van der Waals surface area contributed by atoms with Gasteiger partial charge in [-0.1, -0.05) is 13.0 Å². The number of carbonyl (C=O) groups is 2. The van der Waals surface area contributed by atoms with E-state index in [0.717, 1.165) is 12.1 Å². The maximum absolute atomic E-state index is 13.1. The van der Waals surface area contributed by atoms with Gasteiger partial charge in [0.05, 0.1) is 22.7 Å². The average Bonchev–Trinajstić information content (AvgIpc) is 3.26. The molecule has 5 nitrogen and oxygen atoms in total. The minimum atomic E-state index is -4.52. The van der Waals surface area contributed by atoms with Crippen molar-refractivity contribution < 1.29 is 27.5 Å². The van der Waals surface area contributed by atoms with Crippen LogP contribution in [-0.4, -0.2) is 36.4 Å². The van der Waals surface area contributed by atoms with Crippen LogP contribution in [0.1, 0.15) is 41.4 Å². The summed E-state index contributed by atoms with van der Waals surface area (Å²) >= 11 is 1.37. The highest BCUT2D eigenvalue weighted by Crippen LogP contribution is 2.35. The predicted molar refractivity (Wildman–Crippen MR) is 109 cm³/mol. The molecular formula is C21H23F3N2O3S. The Balaban J connectivity index is 1.66. The molecule has 162 valence electrons. The Labute approximate surface area is 176 Å². The third-order valence-corrected chi connectivity index (χ3v) is 5.77. The fourth-order valence-electron chi connectivity index (χ4n) is 3.28. The van der Waals surface area contributed by atoms with Gasteiger partial charge in [-0.25, -0.2) is 0 Å². The largest absolute Gasteiger partial charge is 0.491 e. The van der Waals surface area contributed by atoms with Crippen molar-refractivity contribution in [3.05, 3.63) is 46.2 Å². The van der Waals surface area contributed by atoms with Crippen LogP contribution in [0.15, 0.2) is 35.7 Å². The van der Waals surface area contributed by atoms with Gasteiger partial charge in [0.1, 0.15) is 5.75 Å². The van der Waals surface area contributed by atoms with Gasteiger partial charge in [-0.05, 0) is 48.9 Å². The van der Waals surface area contributed by atoms with E-state index in [-0.39, 0.29) is 29.2 Å². The zero-order chi connectivity index (χ0) is 21.7. The molecule has 0 saturated carbocycles. The first-order chi connectivity index (χ1) is 14.3. The van der Waals surface area contributed by atoms with E-state index in [2.05, 4.69) is 5.32 Å². The van der Waals surface area contributed by atoms with Crippen molar-refractivity contribution in [1.82, 2.24) is 4.90 Å². The number of nitrogens with one attached hydrogen (secondary N) is 1. The van der Waals surface area contributed by atoms with E-state index < -0.39 is 11.7 Å². The number of anilines is 1. The van der Waals surface area contributed by atoms with Crippen LogP contribution in [0.4, 0.5) is 18.9 Å². The molecule has 0 bridgehead atoms. The molecule has 0 atom stereocenters. The highest BCUT2D eigenvalue weighted by atomic mass is 32.1. The van der Waals surface area contributed by atoms with E-state index in [1.807, 2.05) is 18.4 Å². The van der Waals surface area contributed by atoms with Gasteiger partial charge < -0.3 is 15.0 Å². The lowest BCUT2D eigenvalue weighted by molar-refractivity contribution is -0.137. The van der Waals surface area contributed by atoms with E-state index in [4.69, 9.17) is 4.74 Å². The highest BCUT2D eigenvalue weighted by Gasteiger charge is 2.32. The number of rotatable bonds is 6. The van der Waals surface area contributed by atoms with E-state index in [1.165, 1.54) is 17.4 Å². The molecule has 1 aliphatic rings. The predicted octanol–water partition coefficient (Wildman–Crippen LogP) is 5.05. The normalized spacial score (nSPS) is 15.1. The summed E-state index contributed by atoms with van der Waals surface area (Å²) in [4.78, 5) is 27.5. The number of ether oxygens (including phenoxy) is 1. The quantitative estimate of drug-likeness (QED) is 0.684. The standard InChI is InChI=1S/C21H23F3N2O3S/c1-2-11-29-17-6-5-15(21(22,23)24)13-16(17)25-19(27)14-7-9-26(10-8-14)20(28)18-4-3-12-30-18/h3-6,12-14H,2,7-11H2,1H3,(H,25,27). The number of piperidine rings is 1. The lowest BCUT2D eigenvalue weighted by Crippen LogP contribution is -2.41. The van der Waals surface area contributed by atoms with Crippen molar-refractivity contribution in [3.63, 3.8) is 0 Å². The summed E-state index contributed by atoms with van der Waals surface area (Å²) in [7, 11) is 0. The number of alkyl halides is 3.